The van der Waals surface area contributed by atoms with Gasteiger partial charge in [0.2, 0.25) is 0 Å². The number of hydrogen-bond donors (Lipinski definition) is 3. The standard InChI is InChI=1S/C18H19BrClN3O2/c1-12-3-8-16(15(19)9-12)22-18(25)11-23(2)10-17(24)21-14-6-4-13(20)5-7-14/h3-9H,10-11H2,1-2H3,(H,21,24)(H,22,25)/p+1. The lowest BCUT2D eigenvalue weighted by Crippen LogP contribution is -3.11. The quantitative estimate of drug-likeness (QED) is 0.666. The van der Waals surface area contributed by atoms with E-state index in [9.17, 15) is 9.59 Å². The molecule has 0 radical (unpaired) electrons. The third kappa shape index (κ3) is 6.49. The number of quaternary nitrogens is 1. The third-order valence-corrected chi connectivity index (χ3v) is 4.36. The lowest BCUT2D eigenvalue weighted by molar-refractivity contribution is -0.862. The van der Waals surface area contributed by atoms with Gasteiger partial charge in [0.1, 0.15) is 0 Å². The highest BCUT2D eigenvalue weighted by atomic mass is 79.9. The Balaban J connectivity index is 1.82. The predicted molar refractivity (Wildman–Crippen MR) is 104 cm³/mol. The normalized spacial score (nSPS) is 11.7. The van der Waals surface area contributed by atoms with Gasteiger partial charge in [0.05, 0.1) is 12.7 Å². The van der Waals surface area contributed by atoms with E-state index in [0.717, 1.165) is 14.9 Å². The van der Waals surface area contributed by atoms with E-state index in [-0.39, 0.29) is 24.9 Å². The number of anilines is 2. The Morgan fingerprint density at radius 2 is 1.64 bits per heavy atom. The maximum atomic E-state index is 12.1. The fraction of sp³-hybridized carbons (Fsp3) is 0.222. The molecule has 0 heterocycles. The van der Waals surface area contributed by atoms with Crippen molar-refractivity contribution in [1.29, 1.82) is 0 Å². The molecule has 0 saturated carbocycles. The highest BCUT2D eigenvalue weighted by molar-refractivity contribution is 9.10. The molecule has 0 bridgehead atoms. The summed E-state index contributed by atoms with van der Waals surface area (Å²) in [5.74, 6) is -0.314. The number of nitrogens with one attached hydrogen (secondary N) is 3. The van der Waals surface area contributed by atoms with Gasteiger partial charge in [0.15, 0.2) is 13.1 Å². The molecule has 1 atom stereocenters. The van der Waals surface area contributed by atoms with Crippen molar-refractivity contribution in [3.8, 4) is 0 Å². The Hall–Kier alpha value is -1.89. The van der Waals surface area contributed by atoms with Gasteiger partial charge in [-0.05, 0) is 64.8 Å². The Kier molecular flexibility index (Phi) is 6.99. The summed E-state index contributed by atoms with van der Waals surface area (Å²) in [5.41, 5.74) is 2.50. The number of aryl methyl sites for hydroxylation is 1. The highest BCUT2D eigenvalue weighted by Gasteiger charge is 2.15. The molecular weight excluding hydrogens is 406 g/mol. The van der Waals surface area contributed by atoms with Crippen LogP contribution in [0.4, 0.5) is 11.4 Å². The van der Waals surface area contributed by atoms with Crippen LogP contribution in [-0.2, 0) is 9.59 Å². The van der Waals surface area contributed by atoms with E-state index >= 15 is 0 Å². The van der Waals surface area contributed by atoms with Gasteiger partial charge in [-0.25, -0.2) is 0 Å². The van der Waals surface area contributed by atoms with Crippen molar-refractivity contribution in [2.75, 3.05) is 30.8 Å². The summed E-state index contributed by atoms with van der Waals surface area (Å²) in [6, 6.07) is 12.6. The minimum atomic E-state index is -0.163. The first-order chi connectivity index (χ1) is 11.8. The van der Waals surface area contributed by atoms with E-state index in [1.165, 1.54) is 0 Å². The molecule has 0 saturated heterocycles. The van der Waals surface area contributed by atoms with Crippen molar-refractivity contribution in [2.45, 2.75) is 6.92 Å². The van der Waals surface area contributed by atoms with Crippen molar-refractivity contribution in [3.63, 3.8) is 0 Å². The second-order valence-electron chi connectivity index (χ2n) is 5.90. The van der Waals surface area contributed by atoms with E-state index in [1.54, 1.807) is 31.3 Å². The smallest absolute Gasteiger partial charge is 0.279 e. The Morgan fingerprint density at radius 3 is 2.24 bits per heavy atom. The van der Waals surface area contributed by atoms with E-state index in [2.05, 4.69) is 26.6 Å². The summed E-state index contributed by atoms with van der Waals surface area (Å²) in [6.07, 6.45) is 0. The van der Waals surface area contributed by atoms with E-state index < -0.39 is 0 Å². The number of amides is 2. The van der Waals surface area contributed by atoms with Gasteiger partial charge in [-0.15, -0.1) is 0 Å². The predicted octanol–water partition coefficient (Wildman–Crippen LogP) is 2.50. The molecule has 2 amide bonds. The number of carbonyl (C=O) groups excluding carboxylic acids is 2. The number of carbonyl (C=O) groups is 2. The van der Waals surface area contributed by atoms with Crippen LogP contribution in [0, 0.1) is 6.92 Å². The van der Waals surface area contributed by atoms with Crippen molar-refractivity contribution in [1.82, 2.24) is 0 Å². The van der Waals surface area contributed by atoms with Crippen molar-refractivity contribution in [2.24, 2.45) is 0 Å². The fourth-order valence-corrected chi connectivity index (χ4v) is 2.98. The molecule has 0 spiro atoms. The molecule has 0 fully saturated rings. The second kappa shape index (κ2) is 8.99. The van der Waals surface area contributed by atoms with Crippen LogP contribution in [0.15, 0.2) is 46.9 Å². The summed E-state index contributed by atoms with van der Waals surface area (Å²) < 4.78 is 0.832. The van der Waals surface area contributed by atoms with Crippen molar-refractivity contribution < 1.29 is 14.5 Å². The van der Waals surface area contributed by atoms with Crippen LogP contribution in [-0.4, -0.2) is 32.0 Å². The zero-order valence-corrected chi connectivity index (χ0v) is 16.4. The van der Waals surface area contributed by atoms with Gasteiger partial charge in [0.25, 0.3) is 11.8 Å². The fourth-order valence-electron chi connectivity index (χ4n) is 2.26. The van der Waals surface area contributed by atoms with Crippen molar-refractivity contribution in [3.05, 3.63) is 57.5 Å². The summed E-state index contributed by atoms with van der Waals surface area (Å²) in [4.78, 5) is 25.0. The number of likely N-dealkylation sites (N-methyl/N-ethyl adjacent to an activating group) is 1. The van der Waals surface area contributed by atoms with Crippen LogP contribution in [0.3, 0.4) is 0 Å². The first-order valence-electron chi connectivity index (χ1n) is 7.76. The van der Waals surface area contributed by atoms with Gasteiger partial charge in [0, 0.05) is 15.2 Å². The first kappa shape index (κ1) is 19.4. The van der Waals surface area contributed by atoms with E-state index in [1.807, 2.05) is 25.1 Å². The topological polar surface area (TPSA) is 62.6 Å². The maximum Gasteiger partial charge on any atom is 0.279 e. The van der Waals surface area contributed by atoms with Gasteiger partial charge in [-0.3, -0.25) is 9.59 Å². The molecule has 2 rings (SSSR count). The van der Waals surface area contributed by atoms with Gasteiger partial charge >= 0.3 is 0 Å². The molecule has 25 heavy (non-hydrogen) atoms. The molecule has 0 aliphatic carbocycles. The minimum Gasteiger partial charge on any atom is -0.322 e. The molecular formula is C18H20BrClN3O2+. The maximum absolute atomic E-state index is 12.1. The lowest BCUT2D eigenvalue weighted by atomic mass is 10.2. The second-order valence-corrected chi connectivity index (χ2v) is 7.19. The molecule has 0 aliphatic rings. The van der Waals surface area contributed by atoms with Crippen LogP contribution in [0.5, 0.6) is 0 Å². The molecule has 2 aromatic rings. The van der Waals surface area contributed by atoms with Crippen LogP contribution in [0.25, 0.3) is 0 Å². The average Bonchev–Trinajstić information content (AvgIpc) is 2.52. The van der Waals surface area contributed by atoms with Gasteiger partial charge in [-0.2, -0.15) is 0 Å². The molecule has 1 unspecified atom stereocenters. The van der Waals surface area contributed by atoms with E-state index in [0.29, 0.717) is 16.4 Å². The largest absolute Gasteiger partial charge is 0.322 e. The molecule has 7 heteroatoms. The van der Waals surface area contributed by atoms with Crippen molar-refractivity contribution >= 4 is 50.7 Å². The summed E-state index contributed by atoms with van der Waals surface area (Å²) in [7, 11) is 1.80. The monoisotopic (exact) mass is 424 g/mol. The Bertz CT molecular complexity index is 765. The molecule has 2 aromatic carbocycles. The Morgan fingerprint density at radius 1 is 1.04 bits per heavy atom. The summed E-state index contributed by atoms with van der Waals surface area (Å²) in [6.45, 7) is 2.35. The Labute approximate surface area is 160 Å². The first-order valence-corrected chi connectivity index (χ1v) is 8.93. The van der Waals surface area contributed by atoms with Crippen LogP contribution < -0.4 is 15.5 Å². The summed E-state index contributed by atoms with van der Waals surface area (Å²) in [5, 5.41) is 6.24. The molecule has 3 N–H and O–H groups in total. The summed E-state index contributed by atoms with van der Waals surface area (Å²) >= 11 is 9.24. The number of benzene rings is 2. The zero-order chi connectivity index (χ0) is 18.4. The van der Waals surface area contributed by atoms with Gasteiger partial charge < -0.3 is 15.5 Å². The molecule has 0 aliphatic heterocycles. The zero-order valence-electron chi connectivity index (χ0n) is 14.0. The highest BCUT2D eigenvalue weighted by Crippen LogP contribution is 2.23. The number of rotatable bonds is 6. The lowest BCUT2D eigenvalue weighted by Gasteiger charge is -2.14. The molecule has 5 nitrogen and oxygen atoms in total. The molecule has 132 valence electrons. The number of hydrogen-bond acceptors (Lipinski definition) is 2. The van der Waals surface area contributed by atoms with Crippen LogP contribution in [0.2, 0.25) is 5.02 Å². The SMILES string of the molecule is Cc1ccc(NC(=O)C[NH+](C)CC(=O)Nc2ccc(Cl)cc2)c(Br)c1. The average molecular weight is 426 g/mol. The minimum absolute atomic E-state index is 0.152. The van der Waals surface area contributed by atoms with E-state index in [4.69, 9.17) is 11.6 Å². The van der Waals surface area contributed by atoms with Crippen LogP contribution >= 0.6 is 27.5 Å². The van der Waals surface area contributed by atoms with Crippen LogP contribution in [0.1, 0.15) is 5.56 Å². The molecule has 0 aromatic heterocycles. The number of halogens is 2. The third-order valence-electron chi connectivity index (χ3n) is 3.45. The van der Waals surface area contributed by atoms with Gasteiger partial charge in [-0.1, -0.05) is 17.7 Å².